The molecule has 1 amide bonds. The summed E-state index contributed by atoms with van der Waals surface area (Å²) in [6.45, 7) is 1.18. The summed E-state index contributed by atoms with van der Waals surface area (Å²) < 4.78 is 10.9. The van der Waals surface area contributed by atoms with E-state index in [0.29, 0.717) is 30.7 Å². The molecule has 4 heterocycles. The molecule has 3 saturated heterocycles. The number of hydrogen-bond acceptors (Lipinski definition) is 4. The van der Waals surface area contributed by atoms with Gasteiger partial charge in [-0.1, -0.05) is 6.07 Å². The van der Waals surface area contributed by atoms with Crippen molar-refractivity contribution in [3.63, 3.8) is 0 Å². The fourth-order valence-corrected chi connectivity index (χ4v) is 5.24. The summed E-state index contributed by atoms with van der Waals surface area (Å²) in [5.74, 6) is 2.52. The van der Waals surface area contributed by atoms with Crippen LogP contribution in [0.4, 0.5) is 0 Å². The van der Waals surface area contributed by atoms with Gasteiger partial charge in [0, 0.05) is 25.0 Å². The highest BCUT2D eigenvalue weighted by Gasteiger charge is 2.37. The fourth-order valence-electron chi connectivity index (χ4n) is 5.24. The minimum atomic E-state index is 0. The molecule has 1 N–H and O–H groups in total. The second-order valence-corrected chi connectivity index (χ2v) is 8.04. The van der Waals surface area contributed by atoms with E-state index in [2.05, 4.69) is 22.3 Å². The molecule has 0 saturated carbocycles. The number of likely N-dealkylation sites (tertiary alicyclic amines) is 1. The van der Waals surface area contributed by atoms with Gasteiger partial charge in [0.1, 0.15) is 0 Å². The predicted molar refractivity (Wildman–Crippen MR) is 101 cm³/mol. The van der Waals surface area contributed by atoms with Gasteiger partial charge in [-0.15, -0.1) is 12.4 Å². The molecule has 3 fully saturated rings. The van der Waals surface area contributed by atoms with Crippen molar-refractivity contribution in [2.24, 2.45) is 5.92 Å². The zero-order chi connectivity index (χ0) is 16.8. The third kappa shape index (κ3) is 3.27. The van der Waals surface area contributed by atoms with Gasteiger partial charge < -0.3 is 19.7 Å². The highest BCUT2D eigenvalue weighted by Crippen LogP contribution is 2.40. The number of carbonyl (C=O) groups excluding carboxylic acids is 1. The van der Waals surface area contributed by atoms with Crippen molar-refractivity contribution in [2.45, 2.75) is 63.1 Å². The van der Waals surface area contributed by atoms with Crippen molar-refractivity contribution in [3.8, 4) is 11.5 Å². The summed E-state index contributed by atoms with van der Waals surface area (Å²) in [5.41, 5.74) is 1.18. The van der Waals surface area contributed by atoms with Gasteiger partial charge in [-0.2, -0.15) is 0 Å². The lowest BCUT2D eigenvalue weighted by Crippen LogP contribution is -2.40. The number of hydrogen-bond donors (Lipinski definition) is 1. The molecule has 3 atom stereocenters. The molecule has 0 spiro atoms. The molecule has 2 bridgehead atoms. The fraction of sp³-hybridized carbons (Fsp3) is 0.650. The maximum Gasteiger partial charge on any atom is 0.231 e. The topological polar surface area (TPSA) is 50.8 Å². The number of rotatable bonds is 3. The maximum atomic E-state index is 13.0. The Morgan fingerprint density at radius 1 is 1.12 bits per heavy atom. The van der Waals surface area contributed by atoms with Crippen molar-refractivity contribution in [1.29, 1.82) is 0 Å². The van der Waals surface area contributed by atoms with E-state index in [4.69, 9.17) is 9.47 Å². The van der Waals surface area contributed by atoms with E-state index in [1.165, 1.54) is 31.2 Å². The van der Waals surface area contributed by atoms with E-state index in [-0.39, 0.29) is 18.4 Å². The van der Waals surface area contributed by atoms with Gasteiger partial charge in [0.05, 0.1) is 6.04 Å². The van der Waals surface area contributed by atoms with Crippen molar-refractivity contribution in [1.82, 2.24) is 10.2 Å². The van der Waals surface area contributed by atoms with Crippen LogP contribution < -0.4 is 14.8 Å². The first-order valence-corrected chi connectivity index (χ1v) is 9.71. The largest absolute Gasteiger partial charge is 0.454 e. The van der Waals surface area contributed by atoms with Crippen molar-refractivity contribution in [3.05, 3.63) is 23.8 Å². The first-order chi connectivity index (χ1) is 12.3. The Morgan fingerprint density at radius 2 is 1.88 bits per heavy atom. The summed E-state index contributed by atoms with van der Waals surface area (Å²) in [4.78, 5) is 15.1. The van der Waals surface area contributed by atoms with E-state index in [1.807, 2.05) is 6.07 Å². The number of benzene rings is 1. The summed E-state index contributed by atoms with van der Waals surface area (Å²) in [6, 6.07) is 7.63. The maximum absolute atomic E-state index is 13.0. The van der Waals surface area contributed by atoms with E-state index in [0.717, 1.165) is 37.3 Å². The first-order valence-electron chi connectivity index (χ1n) is 9.71. The summed E-state index contributed by atoms with van der Waals surface area (Å²) in [7, 11) is 0. The van der Waals surface area contributed by atoms with Crippen LogP contribution >= 0.6 is 12.4 Å². The first kappa shape index (κ1) is 17.9. The standard InChI is InChI=1S/C20H26N2O3.ClH/c23-20(10-13-8-15-4-5-16(9-13)21-15)22-7-1-2-17(22)14-3-6-18-19(11-14)25-12-24-18;/h3,6,11,13,15-17,21H,1-2,4-5,7-10,12H2;1H. The minimum absolute atomic E-state index is 0. The van der Waals surface area contributed by atoms with Crippen LogP contribution in [0.3, 0.4) is 0 Å². The second kappa shape index (κ2) is 7.28. The molecule has 4 aliphatic rings. The lowest BCUT2D eigenvalue weighted by Gasteiger charge is -2.31. The molecule has 26 heavy (non-hydrogen) atoms. The van der Waals surface area contributed by atoms with Crippen LogP contribution in [-0.4, -0.2) is 36.2 Å². The van der Waals surface area contributed by atoms with Gasteiger partial charge in [0.15, 0.2) is 11.5 Å². The average molecular weight is 379 g/mol. The van der Waals surface area contributed by atoms with Gasteiger partial charge in [-0.25, -0.2) is 0 Å². The number of halogens is 1. The van der Waals surface area contributed by atoms with Crippen LogP contribution in [0.15, 0.2) is 18.2 Å². The zero-order valence-corrected chi connectivity index (χ0v) is 15.8. The smallest absolute Gasteiger partial charge is 0.231 e. The van der Waals surface area contributed by atoms with Gasteiger partial charge >= 0.3 is 0 Å². The predicted octanol–water partition coefficient (Wildman–Crippen LogP) is 3.42. The highest BCUT2D eigenvalue weighted by atomic mass is 35.5. The Morgan fingerprint density at radius 3 is 2.69 bits per heavy atom. The van der Waals surface area contributed by atoms with Crippen LogP contribution in [-0.2, 0) is 4.79 Å². The van der Waals surface area contributed by atoms with Crippen molar-refractivity contribution < 1.29 is 14.3 Å². The lowest BCUT2D eigenvalue weighted by molar-refractivity contribution is -0.133. The lowest BCUT2D eigenvalue weighted by atomic mass is 9.89. The van der Waals surface area contributed by atoms with Gasteiger partial charge in [-0.05, 0) is 62.1 Å². The Bertz CT molecular complexity index is 671. The molecule has 6 heteroatoms. The normalized spacial score (nSPS) is 31.8. The molecule has 142 valence electrons. The SMILES string of the molecule is Cl.O=C(CC1CC2CCC(C1)N2)N1CCCC1c1ccc2c(c1)OCO2. The van der Waals surface area contributed by atoms with E-state index in [9.17, 15) is 4.79 Å². The molecule has 5 rings (SSSR count). The number of nitrogens with zero attached hydrogens (tertiary/aromatic N) is 1. The molecule has 1 aromatic rings. The van der Waals surface area contributed by atoms with Crippen LogP contribution in [0.5, 0.6) is 11.5 Å². The number of piperidine rings is 1. The van der Waals surface area contributed by atoms with E-state index >= 15 is 0 Å². The zero-order valence-electron chi connectivity index (χ0n) is 15.0. The molecule has 0 aromatic heterocycles. The summed E-state index contributed by atoms with van der Waals surface area (Å²) in [5, 5.41) is 3.67. The van der Waals surface area contributed by atoms with Gasteiger partial charge in [-0.3, -0.25) is 4.79 Å². The Labute approximate surface area is 160 Å². The van der Waals surface area contributed by atoms with Crippen molar-refractivity contribution in [2.75, 3.05) is 13.3 Å². The molecule has 0 aliphatic carbocycles. The highest BCUT2D eigenvalue weighted by molar-refractivity contribution is 5.85. The second-order valence-electron chi connectivity index (χ2n) is 8.04. The van der Waals surface area contributed by atoms with Gasteiger partial charge in [0.25, 0.3) is 0 Å². The third-order valence-corrected chi connectivity index (χ3v) is 6.39. The Hall–Kier alpha value is -1.46. The summed E-state index contributed by atoms with van der Waals surface area (Å²) >= 11 is 0. The van der Waals surface area contributed by atoms with Crippen LogP contribution in [0.2, 0.25) is 0 Å². The third-order valence-electron chi connectivity index (χ3n) is 6.39. The van der Waals surface area contributed by atoms with Crippen molar-refractivity contribution >= 4 is 18.3 Å². The molecule has 5 nitrogen and oxygen atoms in total. The molecule has 4 aliphatic heterocycles. The number of nitrogens with one attached hydrogen (secondary N) is 1. The van der Waals surface area contributed by atoms with Crippen LogP contribution in [0.1, 0.15) is 56.6 Å². The number of ether oxygens (including phenoxy) is 2. The van der Waals surface area contributed by atoms with Crippen LogP contribution in [0.25, 0.3) is 0 Å². The molecule has 1 aromatic carbocycles. The average Bonchev–Trinajstić information content (AvgIpc) is 3.33. The quantitative estimate of drug-likeness (QED) is 0.875. The van der Waals surface area contributed by atoms with Crippen LogP contribution in [0, 0.1) is 5.92 Å². The molecule has 3 unspecified atom stereocenters. The van der Waals surface area contributed by atoms with E-state index in [1.54, 1.807) is 0 Å². The monoisotopic (exact) mass is 378 g/mol. The summed E-state index contributed by atoms with van der Waals surface area (Å²) in [6.07, 6.45) is 7.77. The number of amides is 1. The molecular weight excluding hydrogens is 352 g/mol. The molecular formula is C20H27ClN2O3. The number of carbonyl (C=O) groups is 1. The molecule has 0 radical (unpaired) electrons. The Balaban J connectivity index is 0.00000168. The van der Waals surface area contributed by atoms with Gasteiger partial charge in [0.2, 0.25) is 12.7 Å². The minimum Gasteiger partial charge on any atom is -0.454 e. The Kier molecular flexibility index (Phi) is 5.02. The number of fused-ring (bicyclic) bond motifs is 3. The van der Waals surface area contributed by atoms with E-state index < -0.39 is 0 Å².